The molecule has 1 aliphatic heterocycles. The van der Waals surface area contributed by atoms with Gasteiger partial charge >= 0.3 is 17.9 Å². The Kier molecular flexibility index (Phi) is 13.8. The number of hydrogen-bond acceptors (Lipinski definition) is 9. The number of benzene rings is 2. The molecule has 5 N–H and O–H groups in total. The van der Waals surface area contributed by atoms with E-state index in [1.54, 1.807) is 19.9 Å². The lowest BCUT2D eigenvalue weighted by Gasteiger charge is -2.30. The van der Waals surface area contributed by atoms with Crippen molar-refractivity contribution in [1.29, 1.82) is 0 Å². The Bertz CT molecular complexity index is 1580. The first-order valence-electron chi connectivity index (χ1n) is 16.0. The second kappa shape index (κ2) is 17.7. The summed E-state index contributed by atoms with van der Waals surface area (Å²) >= 11 is 0. The van der Waals surface area contributed by atoms with Crippen LogP contribution in [0.3, 0.4) is 0 Å². The zero-order chi connectivity index (χ0) is 36.2. The van der Waals surface area contributed by atoms with E-state index < -0.39 is 84.6 Å². The first-order chi connectivity index (χ1) is 23.2. The third kappa shape index (κ3) is 11.1. The molecule has 0 radical (unpaired) electrons. The molecule has 2 aromatic carbocycles. The van der Waals surface area contributed by atoms with Gasteiger partial charge in [-0.2, -0.15) is 0 Å². The largest absolute Gasteiger partial charge is 0.481 e. The summed E-state index contributed by atoms with van der Waals surface area (Å²) in [6.07, 6.45) is -2.26. The molecular formula is C34H42N4O11. The van der Waals surface area contributed by atoms with Crippen LogP contribution in [0, 0.1) is 5.92 Å². The molecule has 49 heavy (non-hydrogen) atoms. The quantitative estimate of drug-likeness (QED) is 0.117. The minimum Gasteiger partial charge on any atom is -0.481 e. The second-order valence-corrected chi connectivity index (χ2v) is 12.1. The number of aldehydes is 1. The normalized spacial score (nSPS) is 18.0. The minimum absolute atomic E-state index is 0.116. The molecule has 2 aromatic rings. The van der Waals surface area contributed by atoms with Gasteiger partial charge < -0.3 is 40.6 Å². The predicted molar refractivity (Wildman–Crippen MR) is 174 cm³/mol. The van der Waals surface area contributed by atoms with Crippen LogP contribution in [0.15, 0.2) is 42.5 Å². The molecule has 1 saturated heterocycles. The number of fused-ring (bicyclic) bond motifs is 1. The Balaban J connectivity index is 1.87. The van der Waals surface area contributed by atoms with Gasteiger partial charge in [0.05, 0.1) is 25.4 Å². The number of carboxylic acids is 2. The summed E-state index contributed by atoms with van der Waals surface area (Å²) in [7, 11) is 0. The topological polar surface area (TPSA) is 226 Å². The number of carbonyl (C=O) groups is 8. The van der Waals surface area contributed by atoms with Gasteiger partial charge in [-0.25, -0.2) is 0 Å². The molecule has 1 fully saturated rings. The van der Waals surface area contributed by atoms with Gasteiger partial charge in [0.1, 0.15) is 30.5 Å². The molecule has 15 heteroatoms. The fourth-order valence-electron chi connectivity index (χ4n) is 5.63. The zero-order valence-electron chi connectivity index (χ0n) is 27.5. The Morgan fingerprint density at radius 1 is 0.980 bits per heavy atom. The maximum atomic E-state index is 14.0. The van der Waals surface area contributed by atoms with Crippen molar-refractivity contribution in [3.05, 3.63) is 48.0 Å². The molecule has 1 heterocycles. The number of esters is 1. The third-order valence-corrected chi connectivity index (χ3v) is 8.31. The summed E-state index contributed by atoms with van der Waals surface area (Å²) in [5.74, 6) is -6.62. The van der Waals surface area contributed by atoms with Crippen LogP contribution in [0.25, 0.3) is 10.8 Å². The van der Waals surface area contributed by atoms with E-state index in [-0.39, 0.29) is 38.0 Å². The monoisotopic (exact) mass is 682 g/mol. The number of aliphatic carboxylic acids is 2. The summed E-state index contributed by atoms with van der Waals surface area (Å²) in [5, 5.41) is 27.7. The van der Waals surface area contributed by atoms with Crippen molar-refractivity contribution in [2.24, 2.45) is 5.92 Å². The number of carbonyl (C=O) groups excluding carboxylic acids is 6. The maximum Gasteiger partial charge on any atom is 0.310 e. The highest BCUT2D eigenvalue weighted by Gasteiger charge is 2.44. The third-order valence-electron chi connectivity index (χ3n) is 8.31. The molecule has 3 rings (SSSR count). The molecule has 6 atom stereocenters. The predicted octanol–water partition coefficient (Wildman–Crippen LogP) is 0.954. The van der Waals surface area contributed by atoms with E-state index in [1.807, 2.05) is 36.4 Å². The Hall–Kier alpha value is -5.34. The van der Waals surface area contributed by atoms with E-state index in [0.717, 1.165) is 15.7 Å². The standard InChI is InChI=1S/C34H42N4O11/c1-4-19(2)31(35-20(3)40)33(47)37-26(11-12-28(41)42)34(48)38-17-25(16-27(38)32(46)36-24(18-39)15-29(43)44)49-30(45)14-21-9-10-22-7-5-6-8-23(22)13-21/h5-10,13,18-19,24-27,31H,4,11-12,14-17H2,1-3H3,(H,35,40)(H,36,46)(H,37,47)(H,41,42)(H,43,44)/t19-,24-,25+,26-,27-,31-/m0/s1. The Morgan fingerprint density at radius 3 is 2.29 bits per heavy atom. The van der Waals surface area contributed by atoms with Gasteiger partial charge in [0.2, 0.25) is 23.6 Å². The number of nitrogens with zero attached hydrogens (tertiary/aromatic N) is 1. The van der Waals surface area contributed by atoms with Gasteiger partial charge in [0, 0.05) is 19.8 Å². The van der Waals surface area contributed by atoms with E-state index in [4.69, 9.17) is 9.84 Å². The molecule has 0 aromatic heterocycles. The van der Waals surface area contributed by atoms with Crippen LogP contribution in [-0.2, 0) is 49.5 Å². The Labute approximate surface area is 282 Å². The zero-order valence-corrected chi connectivity index (χ0v) is 27.5. The molecule has 264 valence electrons. The fourth-order valence-corrected chi connectivity index (χ4v) is 5.63. The molecule has 0 unspecified atom stereocenters. The number of likely N-dealkylation sites (tertiary alicyclic amines) is 1. The fraction of sp³-hybridized carbons (Fsp3) is 0.471. The van der Waals surface area contributed by atoms with E-state index in [0.29, 0.717) is 12.0 Å². The van der Waals surface area contributed by atoms with Gasteiger partial charge in [-0.3, -0.25) is 33.6 Å². The number of rotatable bonds is 17. The van der Waals surface area contributed by atoms with Crippen molar-refractivity contribution in [2.75, 3.05) is 6.54 Å². The van der Waals surface area contributed by atoms with Gasteiger partial charge in [0.25, 0.3) is 0 Å². The molecule has 15 nitrogen and oxygen atoms in total. The van der Waals surface area contributed by atoms with Crippen LogP contribution in [0.1, 0.15) is 58.4 Å². The van der Waals surface area contributed by atoms with Gasteiger partial charge in [-0.15, -0.1) is 0 Å². The van der Waals surface area contributed by atoms with Crippen molar-refractivity contribution in [2.45, 2.75) is 89.6 Å². The maximum absolute atomic E-state index is 14.0. The number of hydrogen-bond donors (Lipinski definition) is 5. The van der Waals surface area contributed by atoms with Gasteiger partial charge in [-0.05, 0) is 28.7 Å². The highest BCUT2D eigenvalue weighted by atomic mass is 16.5. The smallest absolute Gasteiger partial charge is 0.310 e. The lowest BCUT2D eigenvalue weighted by molar-refractivity contribution is -0.149. The number of ether oxygens (including phenoxy) is 1. The molecule has 0 aliphatic carbocycles. The van der Waals surface area contributed by atoms with Gasteiger partial charge in [0.15, 0.2) is 0 Å². The van der Waals surface area contributed by atoms with Crippen molar-refractivity contribution in [3.63, 3.8) is 0 Å². The molecule has 1 aliphatic rings. The molecule has 4 amide bonds. The summed E-state index contributed by atoms with van der Waals surface area (Å²) in [5.41, 5.74) is 0.665. The van der Waals surface area contributed by atoms with E-state index in [9.17, 15) is 43.5 Å². The summed E-state index contributed by atoms with van der Waals surface area (Å²) in [4.78, 5) is 101. The van der Waals surface area contributed by atoms with Crippen LogP contribution in [0.2, 0.25) is 0 Å². The van der Waals surface area contributed by atoms with Crippen molar-refractivity contribution < 1.29 is 53.3 Å². The summed E-state index contributed by atoms with van der Waals surface area (Å²) in [6.45, 7) is 4.42. The highest BCUT2D eigenvalue weighted by molar-refractivity contribution is 5.95. The van der Waals surface area contributed by atoms with Crippen molar-refractivity contribution in [1.82, 2.24) is 20.9 Å². The molecule has 0 spiro atoms. The molecule has 0 bridgehead atoms. The van der Waals surface area contributed by atoms with Crippen LogP contribution in [-0.4, -0.2) is 99.8 Å². The Morgan fingerprint density at radius 2 is 1.67 bits per heavy atom. The van der Waals surface area contributed by atoms with Crippen LogP contribution in [0.5, 0.6) is 0 Å². The van der Waals surface area contributed by atoms with Crippen LogP contribution >= 0.6 is 0 Å². The van der Waals surface area contributed by atoms with Crippen LogP contribution < -0.4 is 16.0 Å². The first kappa shape index (κ1) is 38.1. The number of carboxylic acid groups (broad SMARTS) is 2. The number of nitrogens with one attached hydrogen (secondary N) is 3. The van der Waals surface area contributed by atoms with Crippen molar-refractivity contribution >= 4 is 58.6 Å². The van der Waals surface area contributed by atoms with E-state index >= 15 is 0 Å². The van der Waals surface area contributed by atoms with Crippen LogP contribution in [0.4, 0.5) is 0 Å². The lowest BCUT2D eigenvalue weighted by Crippen LogP contribution is -2.58. The highest BCUT2D eigenvalue weighted by Crippen LogP contribution is 2.24. The van der Waals surface area contributed by atoms with E-state index in [2.05, 4.69) is 16.0 Å². The average Bonchev–Trinajstić information content (AvgIpc) is 3.47. The SMILES string of the molecule is CC[C@H](C)[C@H](NC(C)=O)C(=O)N[C@@H](CCC(=O)O)C(=O)N1C[C@H](OC(=O)Cc2ccc3ccccc3c2)C[C@H]1C(=O)N[C@H](C=O)CC(=O)O. The van der Waals surface area contributed by atoms with Gasteiger partial charge in [-0.1, -0.05) is 62.7 Å². The summed E-state index contributed by atoms with van der Waals surface area (Å²) < 4.78 is 5.67. The summed E-state index contributed by atoms with van der Waals surface area (Å²) in [6, 6.07) is 7.74. The number of amides is 4. The average molecular weight is 683 g/mol. The molecular weight excluding hydrogens is 640 g/mol. The second-order valence-electron chi connectivity index (χ2n) is 12.1. The van der Waals surface area contributed by atoms with E-state index in [1.165, 1.54) is 6.92 Å². The van der Waals surface area contributed by atoms with Crippen molar-refractivity contribution in [3.8, 4) is 0 Å². The lowest BCUT2D eigenvalue weighted by atomic mass is 9.97. The first-order valence-corrected chi connectivity index (χ1v) is 16.0. The molecule has 0 saturated carbocycles. The minimum atomic E-state index is -1.47.